The summed E-state index contributed by atoms with van der Waals surface area (Å²) in [5.74, 6) is 0. The van der Waals surface area contributed by atoms with E-state index in [2.05, 4.69) is 4.72 Å². The van der Waals surface area contributed by atoms with Crippen LogP contribution in [0.2, 0.25) is 0 Å². The van der Waals surface area contributed by atoms with Crippen LogP contribution >= 0.6 is 22.7 Å². The van der Waals surface area contributed by atoms with Gasteiger partial charge in [0.1, 0.15) is 5.60 Å². The molecule has 2 N–H and O–H groups in total. The molecule has 3 aromatic rings. The lowest BCUT2D eigenvalue weighted by Crippen LogP contribution is -2.41. The number of aliphatic hydroxyl groups is 1. The second kappa shape index (κ2) is 7.36. The van der Waals surface area contributed by atoms with Gasteiger partial charge >= 0.3 is 6.18 Å². The van der Waals surface area contributed by atoms with E-state index >= 15 is 0 Å². The lowest BCUT2D eigenvalue weighted by atomic mass is 9.95. The summed E-state index contributed by atoms with van der Waals surface area (Å²) >= 11 is 2.59. The van der Waals surface area contributed by atoms with Gasteiger partial charge in [-0.05, 0) is 46.5 Å². The van der Waals surface area contributed by atoms with Crippen LogP contribution in [-0.4, -0.2) is 20.1 Å². The van der Waals surface area contributed by atoms with Gasteiger partial charge in [0, 0.05) is 17.0 Å². The van der Waals surface area contributed by atoms with Crippen LogP contribution in [0.1, 0.15) is 16.0 Å². The molecule has 1 atom stereocenters. The van der Waals surface area contributed by atoms with Gasteiger partial charge in [-0.1, -0.05) is 12.1 Å². The summed E-state index contributed by atoms with van der Waals surface area (Å²) < 4.78 is 65.8. The van der Waals surface area contributed by atoms with Crippen molar-refractivity contribution in [1.29, 1.82) is 0 Å². The summed E-state index contributed by atoms with van der Waals surface area (Å²) in [5, 5.41) is 16.3. The third-order valence-electron chi connectivity index (χ3n) is 3.92. The second-order valence-electron chi connectivity index (χ2n) is 5.70. The van der Waals surface area contributed by atoms with Crippen LogP contribution in [0.3, 0.4) is 0 Å². The van der Waals surface area contributed by atoms with Crippen LogP contribution in [-0.2, 0) is 21.8 Å². The molecule has 4 nitrogen and oxygen atoms in total. The first kappa shape index (κ1) is 20.0. The Balaban J connectivity index is 1.90. The molecule has 0 aliphatic heterocycles. The van der Waals surface area contributed by atoms with Gasteiger partial charge in [0.15, 0.2) is 0 Å². The summed E-state index contributed by atoms with van der Waals surface area (Å²) in [6.07, 6.45) is -4.65. The minimum absolute atomic E-state index is 0.414. The third kappa shape index (κ3) is 4.25. The Kier molecular flexibility index (Phi) is 5.46. The van der Waals surface area contributed by atoms with Crippen molar-refractivity contribution >= 4 is 32.7 Å². The van der Waals surface area contributed by atoms with Crippen molar-refractivity contribution < 1.29 is 26.7 Å². The van der Waals surface area contributed by atoms with Gasteiger partial charge in [-0.15, -0.1) is 11.3 Å². The van der Waals surface area contributed by atoms with Gasteiger partial charge < -0.3 is 5.11 Å². The molecule has 10 heteroatoms. The van der Waals surface area contributed by atoms with Crippen molar-refractivity contribution in [2.75, 3.05) is 6.54 Å². The predicted molar refractivity (Wildman–Crippen MR) is 98.3 cm³/mol. The Hall–Kier alpha value is -1.72. The summed E-state index contributed by atoms with van der Waals surface area (Å²) in [5.41, 5.74) is -2.18. The van der Waals surface area contributed by atoms with Gasteiger partial charge in [0.25, 0.3) is 0 Å². The average molecular weight is 433 g/mol. The standard InChI is InChI=1S/C17H14F3NO3S3/c18-17(19,20)12-3-1-4-14(9-12)27(23,24)21-11-16(22,13-6-8-25-10-13)15-5-2-7-26-15/h1-10,21-22H,11H2/t16-/m1/s1. The molecule has 0 saturated carbocycles. The van der Waals surface area contributed by atoms with E-state index in [1.165, 1.54) is 22.7 Å². The SMILES string of the molecule is O=S(=O)(NC[C@@](O)(c1ccsc1)c1cccs1)c1cccc(C(F)(F)F)c1. The highest BCUT2D eigenvalue weighted by atomic mass is 32.2. The zero-order chi connectivity index (χ0) is 19.7. The van der Waals surface area contributed by atoms with E-state index in [-0.39, 0.29) is 0 Å². The maximum absolute atomic E-state index is 12.9. The molecule has 0 unspecified atom stereocenters. The highest BCUT2D eigenvalue weighted by molar-refractivity contribution is 7.89. The van der Waals surface area contributed by atoms with Crippen LogP contribution in [0.5, 0.6) is 0 Å². The minimum Gasteiger partial charge on any atom is -0.378 e. The Morgan fingerprint density at radius 1 is 1.04 bits per heavy atom. The lowest BCUT2D eigenvalue weighted by molar-refractivity contribution is -0.137. The molecule has 2 aromatic heterocycles. The lowest BCUT2D eigenvalue weighted by Gasteiger charge is -2.27. The molecule has 0 spiro atoms. The van der Waals surface area contributed by atoms with E-state index in [0.29, 0.717) is 16.5 Å². The van der Waals surface area contributed by atoms with Crippen LogP contribution in [0, 0.1) is 0 Å². The normalized spacial score (nSPS) is 14.8. The van der Waals surface area contributed by atoms with Gasteiger partial charge in [-0.2, -0.15) is 24.5 Å². The molecular formula is C17H14F3NO3S3. The molecule has 0 saturated heterocycles. The van der Waals surface area contributed by atoms with E-state index in [9.17, 15) is 26.7 Å². The number of hydrogen-bond donors (Lipinski definition) is 2. The monoisotopic (exact) mass is 433 g/mol. The molecule has 27 heavy (non-hydrogen) atoms. The average Bonchev–Trinajstić information content (AvgIpc) is 3.33. The molecule has 0 aliphatic carbocycles. The van der Waals surface area contributed by atoms with E-state index in [1.54, 1.807) is 34.3 Å². The molecule has 0 radical (unpaired) electrons. The molecule has 144 valence electrons. The number of alkyl halides is 3. The molecule has 1 aromatic carbocycles. The maximum atomic E-state index is 12.9. The first-order chi connectivity index (χ1) is 12.6. The number of hydrogen-bond acceptors (Lipinski definition) is 5. The summed E-state index contributed by atoms with van der Waals surface area (Å²) in [4.78, 5) is 0.00353. The van der Waals surface area contributed by atoms with Gasteiger partial charge in [0.2, 0.25) is 10.0 Å². The Bertz CT molecular complexity index is 963. The Morgan fingerprint density at radius 3 is 2.41 bits per heavy atom. The number of nitrogens with one attached hydrogen (secondary N) is 1. The van der Waals surface area contributed by atoms with E-state index in [0.717, 1.165) is 18.2 Å². The van der Waals surface area contributed by atoms with Crippen molar-refractivity contribution in [1.82, 2.24) is 4.72 Å². The highest BCUT2D eigenvalue weighted by Crippen LogP contribution is 2.34. The smallest absolute Gasteiger partial charge is 0.378 e. The largest absolute Gasteiger partial charge is 0.416 e. The zero-order valence-corrected chi connectivity index (χ0v) is 16.1. The fraction of sp³-hybridized carbons (Fsp3) is 0.176. The Morgan fingerprint density at radius 2 is 1.81 bits per heavy atom. The molecule has 0 fully saturated rings. The van der Waals surface area contributed by atoms with Crippen LogP contribution < -0.4 is 4.72 Å². The fourth-order valence-corrected chi connectivity index (χ4v) is 5.14. The van der Waals surface area contributed by atoms with E-state index < -0.39 is 38.8 Å². The second-order valence-corrected chi connectivity index (χ2v) is 9.19. The number of benzene rings is 1. The van der Waals surface area contributed by atoms with Gasteiger partial charge in [0.05, 0.1) is 10.5 Å². The van der Waals surface area contributed by atoms with Crippen LogP contribution in [0.4, 0.5) is 13.2 Å². The Labute approximate surface area is 162 Å². The summed E-state index contributed by atoms with van der Waals surface area (Å²) in [6.45, 7) is -0.414. The molecule has 3 rings (SSSR count). The molecule has 0 bridgehead atoms. The first-order valence-electron chi connectivity index (χ1n) is 7.59. The van der Waals surface area contributed by atoms with Crippen molar-refractivity contribution in [3.63, 3.8) is 0 Å². The van der Waals surface area contributed by atoms with E-state index in [4.69, 9.17) is 0 Å². The summed E-state index contributed by atoms with van der Waals surface area (Å²) in [6, 6.07) is 8.53. The number of sulfonamides is 1. The minimum atomic E-state index is -4.65. The van der Waals surface area contributed by atoms with E-state index in [1.807, 2.05) is 0 Å². The molecule has 0 amide bonds. The summed E-state index contributed by atoms with van der Waals surface area (Å²) in [7, 11) is -4.26. The predicted octanol–water partition coefficient (Wildman–Crippen LogP) is 4.04. The van der Waals surface area contributed by atoms with Crippen molar-refractivity contribution in [3.8, 4) is 0 Å². The van der Waals surface area contributed by atoms with Crippen molar-refractivity contribution in [2.45, 2.75) is 16.7 Å². The van der Waals surface area contributed by atoms with Gasteiger partial charge in [-0.3, -0.25) is 0 Å². The zero-order valence-electron chi connectivity index (χ0n) is 13.6. The molecular weight excluding hydrogens is 419 g/mol. The third-order valence-corrected chi connectivity index (χ3v) is 7.02. The van der Waals surface area contributed by atoms with Crippen molar-refractivity contribution in [2.24, 2.45) is 0 Å². The fourth-order valence-electron chi connectivity index (χ4n) is 2.47. The first-order valence-corrected chi connectivity index (χ1v) is 10.9. The number of thiophene rings is 2. The number of halogens is 3. The van der Waals surface area contributed by atoms with Gasteiger partial charge in [-0.25, -0.2) is 13.1 Å². The van der Waals surface area contributed by atoms with Crippen LogP contribution in [0.15, 0.2) is 63.5 Å². The quantitative estimate of drug-likeness (QED) is 0.617. The maximum Gasteiger partial charge on any atom is 0.416 e. The number of rotatable bonds is 6. The molecule has 2 heterocycles. The topological polar surface area (TPSA) is 66.4 Å². The van der Waals surface area contributed by atoms with Crippen LogP contribution in [0.25, 0.3) is 0 Å². The molecule has 0 aliphatic rings. The van der Waals surface area contributed by atoms with Crippen molar-refractivity contribution in [3.05, 3.63) is 74.6 Å². The highest BCUT2D eigenvalue weighted by Gasteiger charge is 2.36.